The van der Waals surface area contributed by atoms with Gasteiger partial charge in [0.15, 0.2) is 0 Å². The standard InChI is InChI=1S/C17H15Cl2N3O2.C10H14.2CH2O/c1-22-14-5-3-2-4-13(14)21-17(24)15(22)9-16(23)20-10-6-7-11(18)12(19)8-10;1-7-5-8(2)10(4)9(3)6-7;2*1-2/h2-8,15H,9H2,1H3,(H,20,23)(H,21,24);5-6H,1-4H3;2*1H2. The summed E-state index contributed by atoms with van der Waals surface area (Å²) in [6.45, 7) is 12.6. The smallest absolute Gasteiger partial charge is 0.247 e. The molecule has 9 heteroatoms. The minimum Gasteiger partial charge on any atom is -0.361 e. The quantitative estimate of drug-likeness (QED) is 0.392. The maximum atomic E-state index is 12.3. The predicted molar refractivity (Wildman–Crippen MR) is 157 cm³/mol. The Labute approximate surface area is 234 Å². The first-order valence-electron chi connectivity index (χ1n) is 11.6. The molecular weight excluding hydrogens is 525 g/mol. The first-order chi connectivity index (χ1) is 18.1. The van der Waals surface area contributed by atoms with E-state index in [1.807, 2.05) is 42.7 Å². The highest BCUT2D eigenvalue weighted by Crippen LogP contribution is 2.31. The van der Waals surface area contributed by atoms with E-state index in [9.17, 15) is 9.59 Å². The first kappa shape index (κ1) is 32.3. The molecule has 1 aliphatic rings. The van der Waals surface area contributed by atoms with Crippen LogP contribution in [-0.2, 0) is 19.2 Å². The van der Waals surface area contributed by atoms with Crippen molar-refractivity contribution in [2.75, 3.05) is 22.6 Å². The lowest BCUT2D eigenvalue weighted by atomic mass is 10.0. The fourth-order valence-corrected chi connectivity index (χ4v) is 4.19. The van der Waals surface area contributed by atoms with Crippen LogP contribution >= 0.6 is 23.2 Å². The fraction of sp³-hybridized carbons (Fsp3) is 0.241. The van der Waals surface area contributed by atoms with Crippen LogP contribution in [0, 0.1) is 27.7 Å². The number of nitrogens with zero attached hydrogens (tertiary/aromatic N) is 1. The number of halogens is 2. The van der Waals surface area contributed by atoms with Crippen molar-refractivity contribution in [3.05, 3.63) is 86.9 Å². The largest absolute Gasteiger partial charge is 0.361 e. The lowest BCUT2D eigenvalue weighted by Gasteiger charge is -2.34. The molecular formula is C29H33Cl2N3O4. The maximum Gasteiger partial charge on any atom is 0.247 e. The summed E-state index contributed by atoms with van der Waals surface area (Å²) in [6, 6.07) is 16.2. The van der Waals surface area contributed by atoms with Gasteiger partial charge < -0.3 is 25.1 Å². The van der Waals surface area contributed by atoms with Gasteiger partial charge in [0.2, 0.25) is 11.8 Å². The van der Waals surface area contributed by atoms with Crippen molar-refractivity contribution in [3.8, 4) is 0 Å². The average molecular weight is 559 g/mol. The number of rotatable bonds is 3. The third-order valence-electron chi connectivity index (χ3n) is 5.97. The van der Waals surface area contributed by atoms with Gasteiger partial charge >= 0.3 is 0 Å². The molecule has 4 rings (SSSR count). The molecule has 0 fully saturated rings. The number of amides is 2. The lowest BCUT2D eigenvalue weighted by Crippen LogP contribution is -2.47. The third kappa shape index (κ3) is 8.71. The molecule has 0 spiro atoms. The fourth-order valence-electron chi connectivity index (χ4n) is 3.89. The number of nitrogens with one attached hydrogen (secondary N) is 2. The van der Waals surface area contributed by atoms with Crippen molar-refractivity contribution in [2.45, 2.75) is 40.2 Å². The molecule has 2 amide bonds. The van der Waals surface area contributed by atoms with Gasteiger partial charge in [0, 0.05) is 12.7 Å². The average Bonchev–Trinajstić information content (AvgIpc) is 2.90. The van der Waals surface area contributed by atoms with Crippen molar-refractivity contribution < 1.29 is 19.2 Å². The highest BCUT2D eigenvalue weighted by Gasteiger charge is 2.32. The van der Waals surface area contributed by atoms with E-state index >= 15 is 0 Å². The van der Waals surface area contributed by atoms with E-state index in [0.29, 0.717) is 15.7 Å². The first-order valence-corrected chi connectivity index (χ1v) is 12.3. The van der Waals surface area contributed by atoms with Gasteiger partial charge in [-0.15, -0.1) is 0 Å². The Morgan fingerprint density at radius 2 is 1.50 bits per heavy atom. The van der Waals surface area contributed by atoms with Crippen LogP contribution in [0.3, 0.4) is 0 Å². The summed E-state index contributed by atoms with van der Waals surface area (Å²) >= 11 is 11.8. The second-order valence-corrected chi connectivity index (χ2v) is 9.35. The number of hydrogen-bond acceptors (Lipinski definition) is 5. The van der Waals surface area contributed by atoms with Gasteiger partial charge in [-0.2, -0.15) is 0 Å². The summed E-state index contributed by atoms with van der Waals surface area (Å²) in [6.07, 6.45) is 0.0247. The van der Waals surface area contributed by atoms with Crippen molar-refractivity contribution in [1.29, 1.82) is 0 Å². The number of carbonyl (C=O) groups excluding carboxylic acids is 4. The predicted octanol–water partition coefficient (Wildman–Crippen LogP) is 6.33. The zero-order chi connectivity index (χ0) is 29.0. The number of aryl methyl sites for hydroxylation is 3. The van der Waals surface area contributed by atoms with E-state index in [4.69, 9.17) is 32.8 Å². The summed E-state index contributed by atoms with van der Waals surface area (Å²) in [5, 5.41) is 6.33. The molecule has 1 aliphatic heterocycles. The Balaban J connectivity index is 0.000000431. The Morgan fingerprint density at radius 3 is 2.08 bits per heavy atom. The van der Waals surface area contributed by atoms with Gasteiger partial charge in [-0.05, 0) is 74.7 Å². The van der Waals surface area contributed by atoms with Crippen LogP contribution in [0.2, 0.25) is 10.0 Å². The third-order valence-corrected chi connectivity index (χ3v) is 6.70. The summed E-state index contributed by atoms with van der Waals surface area (Å²) in [7, 11) is 1.80. The zero-order valence-corrected chi connectivity index (χ0v) is 23.7. The monoisotopic (exact) mass is 557 g/mol. The molecule has 202 valence electrons. The van der Waals surface area contributed by atoms with E-state index < -0.39 is 6.04 Å². The van der Waals surface area contributed by atoms with Crippen molar-refractivity contribution in [2.24, 2.45) is 0 Å². The van der Waals surface area contributed by atoms with Gasteiger partial charge in [0.1, 0.15) is 19.6 Å². The Kier molecular flexibility index (Phi) is 13.2. The van der Waals surface area contributed by atoms with E-state index in [0.717, 1.165) is 11.4 Å². The molecule has 2 N–H and O–H groups in total. The maximum absolute atomic E-state index is 12.3. The van der Waals surface area contributed by atoms with E-state index in [2.05, 4.69) is 50.5 Å². The van der Waals surface area contributed by atoms with Crippen LogP contribution in [0.5, 0.6) is 0 Å². The summed E-state index contributed by atoms with van der Waals surface area (Å²) in [5.41, 5.74) is 7.74. The number of carbonyl (C=O) groups is 4. The van der Waals surface area contributed by atoms with Crippen LogP contribution in [0.25, 0.3) is 0 Å². The lowest BCUT2D eigenvalue weighted by molar-refractivity contribution is -0.122. The second-order valence-electron chi connectivity index (χ2n) is 8.54. The SMILES string of the molecule is C=O.C=O.CN1c2ccccc2NC(=O)C1CC(=O)Nc1ccc(Cl)c(Cl)c1.Cc1cc(C)c(C)c(C)c1. The molecule has 0 aromatic heterocycles. The topological polar surface area (TPSA) is 95.6 Å². The molecule has 1 atom stereocenters. The highest BCUT2D eigenvalue weighted by molar-refractivity contribution is 6.42. The van der Waals surface area contributed by atoms with Crippen LogP contribution in [0.1, 0.15) is 28.7 Å². The second kappa shape index (κ2) is 15.5. The summed E-state index contributed by atoms with van der Waals surface area (Å²) in [5.74, 6) is -0.486. The Morgan fingerprint density at radius 1 is 0.921 bits per heavy atom. The number of hydrogen-bond donors (Lipinski definition) is 2. The van der Waals surface area contributed by atoms with E-state index in [1.54, 1.807) is 25.2 Å². The molecule has 0 saturated carbocycles. The molecule has 1 heterocycles. The molecule has 0 saturated heterocycles. The van der Waals surface area contributed by atoms with Gasteiger partial charge in [0.25, 0.3) is 0 Å². The van der Waals surface area contributed by atoms with Gasteiger partial charge in [-0.25, -0.2) is 0 Å². The van der Waals surface area contributed by atoms with Crippen molar-refractivity contribution in [3.63, 3.8) is 0 Å². The van der Waals surface area contributed by atoms with Crippen LogP contribution < -0.4 is 15.5 Å². The van der Waals surface area contributed by atoms with Crippen LogP contribution in [-0.4, -0.2) is 38.5 Å². The minimum absolute atomic E-state index is 0.0247. The highest BCUT2D eigenvalue weighted by atomic mass is 35.5. The van der Waals surface area contributed by atoms with E-state index in [-0.39, 0.29) is 18.2 Å². The molecule has 0 bridgehead atoms. The number of para-hydroxylation sites is 2. The molecule has 3 aromatic rings. The van der Waals surface area contributed by atoms with Gasteiger partial charge in [-0.1, -0.05) is 53.0 Å². The summed E-state index contributed by atoms with van der Waals surface area (Å²) < 4.78 is 0. The number of fused-ring (bicyclic) bond motifs is 1. The molecule has 38 heavy (non-hydrogen) atoms. The van der Waals surface area contributed by atoms with Crippen molar-refractivity contribution in [1.82, 2.24) is 0 Å². The van der Waals surface area contributed by atoms with Gasteiger partial charge in [-0.3, -0.25) is 9.59 Å². The molecule has 0 aliphatic carbocycles. The number of anilines is 3. The molecule has 3 aromatic carbocycles. The molecule has 0 radical (unpaired) electrons. The van der Waals surface area contributed by atoms with Crippen LogP contribution in [0.15, 0.2) is 54.6 Å². The van der Waals surface area contributed by atoms with Crippen LogP contribution in [0.4, 0.5) is 17.1 Å². The van der Waals surface area contributed by atoms with Crippen molar-refractivity contribution >= 4 is 65.7 Å². The summed E-state index contributed by atoms with van der Waals surface area (Å²) in [4.78, 5) is 42.4. The number of benzene rings is 3. The molecule has 1 unspecified atom stereocenters. The minimum atomic E-state index is -0.581. The van der Waals surface area contributed by atoms with Gasteiger partial charge in [0.05, 0.1) is 27.8 Å². The Hall–Kier alpha value is -3.68. The van der Waals surface area contributed by atoms with E-state index in [1.165, 1.54) is 22.3 Å². The number of likely N-dealkylation sites (N-methyl/N-ethyl adjacent to an activating group) is 1. The molecule has 7 nitrogen and oxygen atoms in total. The normalized spacial score (nSPS) is 13.2. The zero-order valence-electron chi connectivity index (χ0n) is 22.2. The Bertz CT molecular complexity index is 1240.